The lowest BCUT2D eigenvalue weighted by molar-refractivity contribution is -0.116. The Kier molecular flexibility index (Phi) is 5.62. The maximum absolute atomic E-state index is 13.3. The van der Waals surface area contributed by atoms with Crippen molar-refractivity contribution in [2.24, 2.45) is 0 Å². The van der Waals surface area contributed by atoms with E-state index in [1.165, 1.54) is 30.0 Å². The van der Waals surface area contributed by atoms with E-state index in [2.05, 4.69) is 0 Å². The van der Waals surface area contributed by atoms with E-state index >= 15 is 0 Å². The number of hydrogen-bond donors (Lipinski definition) is 0. The largest absolute Gasteiger partial charge is 0.298 e. The lowest BCUT2D eigenvalue weighted by Crippen LogP contribution is -2.11. The van der Waals surface area contributed by atoms with Gasteiger partial charge < -0.3 is 0 Å². The van der Waals surface area contributed by atoms with Gasteiger partial charge >= 0.3 is 0 Å². The van der Waals surface area contributed by atoms with Crippen LogP contribution in [-0.4, -0.2) is 16.8 Å². The fourth-order valence-corrected chi connectivity index (χ4v) is 2.11. The van der Waals surface area contributed by atoms with E-state index in [1.54, 1.807) is 0 Å². The van der Waals surface area contributed by atoms with Crippen molar-refractivity contribution in [3.05, 3.63) is 35.4 Å². The Hall–Kier alpha value is -0.900. The van der Waals surface area contributed by atoms with Crippen molar-refractivity contribution in [2.75, 3.05) is 5.75 Å². The van der Waals surface area contributed by atoms with Gasteiger partial charge in [-0.3, -0.25) is 4.79 Å². The van der Waals surface area contributed by atoms with Gasteiger partial charge in [0.2, 0.25) is 0 Å². The summed E-state index contributed by atoms with van der Waals surface area (Å²) in [5.41, 5.74) is -0.123. The molecular weight excluding hydrogens is 242 g/mol. The van der Waals surface area contributed by atoms with E-state index in [0.717, 1.165) is 6.42 Å². The molecule has 0 bridgehead atoms. The highest BCUT2D eigenvalue weighted by molar-refractivity contribution is 8.00. The minimum Gasteiger partial charge on any atom is -0.298 e. The molecule has 0 aromatic heterocycles. The Morgan fingerprint density at radius 2 is 1.94 bits per heavy atom. The predicted molar refractivity (Wildman–Crippen MR) is 67.3 cm³/mol. The summed E-state index contributed by atoms with van der Waals surface area (Å²) in [6, 6.07) is 3.65. The molecule has 1 unspecified atom stereocenters. The van der Waals surface area contributed by atoms with Crippen LogP contribution >= 0.6 is 11.8 Å². The summed E-state index contributed by atoms with van der Waals surface area (Å²) < 4.78 is 26.6. The summed E-state index contributed by atoms with van der Waals surface area (Å²) in [7, 11) is 0. The Morgan fingerprint density at radius 3 is 2.47 bits per heavy atom. The van der Waals surface area contributed by atoms with E-state index in [9.17, 15) is 13.6 Å². The van der Waals surface area contributed by atoms with Gasteiger partial charge in [-0.15, -0.1) is 0 Å². The van der Waals surface area contributed by atoms with Crippen LogP contribution in [-0.2, 0) is 11.2 Å². The number of carbonyl (C=O) groups excluding carboxylic acids is 1. The van der Waals surface area contributed by atoms with Gasteiger partial charge in [0.15, 0.2) is 0 Å². The van der Waals surface area contributed by atoms with Crippen molar-refractivity contribution in [1.29, 1.82) is 0 Å². The molecule has 0 aliphatic carbocycles. The molecule has 0 aliphatic rings. The lowest BCUT2D eigenvalue weighted by atomic mass is 10.1. The second kappa shape index (κ2) is 6.74. The number of hydrogen-bond acceptors (Lipinski definition) is 2. The lowest BCUT2D eigenvalue weighted by Gasteiger charge is -2.08. The van der Waals surface area contributed by atoms with Crippen LogP contribution < -0.4 is 0 Å². The number of carbonyl (C=O) groups is 1. The first-order chi connectivity index (χ1) is 8.04. The summed E-state index contributed by atoms with van der Waals surface area (Å²) in [5.74, 6) is -1.12. The summed E-state index contributed by atoms with van der Waals surface area (Å²) in [6.07, 6.45) is 0.813. The second-order valence-electron chi connectivity index (χ2n) is 3.95. The van der Waals surface area contributed by atoms with Gasteiger partial charge in [0.1, 0.15) is 17.4 Å². The molecule has 4 heteroatoms. The van der Waals surface area contributed by atoms with Crippen LogP contribution in [0.25, 0.3) is 0 Å². The maximum atomic E-state index is 13.3. The molecule has 0 saturated heterocycles. The van der Waals surface area contributed by atoms with Crippen LogP contribution in [0.1, 0.15) is 25.8 Å². The van der Waals surface area contributed by atoms with Crippen molar-refractivity contribution >= 4 is 17.5 Å². The van der Waals surface area contributed by atoms with Crippen molar-refractivity contribution in [3.8, 4) is 0 Å². The molecule has 94 valence electrons. The molecule has 0 heterocycles. The number of ketones is 1. The summed E-state index contributed by atoms with van der Waals surface area (Å²) in [5, 5.41) is 0.393. The average molecular weight is 258 g/mol. The minimum absolute atomic E-state index is 0.123. The third-order valence-corrected chi connectivity index (χ3v) is 3.93. The van der Waals surface area contributed by atoms with Gasteiger partial charge in [0, 0.05) is 17.2 Å². The number of Topliss-reactive ketones (excluding diaryl/α,β-unsaturated/α-hetero) is 1. The van der Waals surface area contributed by atoms with Crippen molar-refractivity contribution in [2.45, 2.75) is 31.9 Å². The average Bonchev–Trinajstić information content (AvgIpc) is 2.31. The van der Waals surface area contributed by atoms with E-state index in [4.69, 9.17) is 0 Å². The van der Waals surface area contributed by atoms with Crippen LogP contribution in [0, 0.1) is 11.6 Å². The summed E-state index contributed by atoms with van der Waals surface area (Å²) >= 11 is 1.52. The highest BCUT2D eigenvalue weighted by Crippen LogP contribution is 2.17. The number of thioether (sulfide) groups is 1. The van der Waals surface area contributed by atoms with Crippen LogP contribution in [0.3, 0.4) is 0 Å². The molecule has 17 heavy (non-hydrogen) atoms. The Labute approximate surface area is 105 Å². The first-order valence-electron chi connectivity index (χ1n) is 5.60. The van der Waals surface area contributed by atoms with Crippen molar-refractivity contribution in [1.82, 2.24) is 0 Å². The third-order valence-electron chi connectivity index (χ3n) is 2.54. The standard InChI is InChI=1S/C13H16F2OS/c1-3-9(2)17-8-10(16)7-11-12(14)5-4-6-13(11)15/h4-6,9H,3,7-8H2,1-2H3. The first kappa shape index (κ1) is 14.2. The second-order valence-corrected chi connectivity index (χ2v) is 5.37. The zero-order valence-corrected chi connectivity index (χ0v) is 10.8. The fourth-order valence-electron chi connectivity index (χ4n) is 1.30. The summed E-state index contributed by atoms with van der Waals surface area (Å²) in [6.45, 7) is 4.07. The molecular formula is C13H16F2OS. The quantitative estimate of drug-likeness (QED) is 0.775. The van der Waals surface area contributed by atoms with Gasteiger partial charge in [-0.05, 0) is 18.6 Å². The highest BCUT2D eigenvalue weighted by atomic mass is 32.2. The van der Waals surface area contributed by atoms with Crippen LogP contribution in [0.2, 0.25) is 0 Å². The van der Waals surface area contributed by atoms with Crippen LogP contribution in [0.15, 0.2) is 18.2 Å². The maximum Gasteiger partial charge on any atom is 0.147 e. The summed E-state index contributed by atoms with van der Waals surface area (Å²) in [4.78, 5) is 11.6. The van der Waals surface area contributed by atoms with Crippen molar-refractivity contribution < 1.29 is 13.6 Å². The molecule has 1 atom stereocenters. The Bertz CT molecular complexity index is 373. The smallest absolute Gasteiger partial charge is 0.147 e. The highest BCUT2D eigenvalue weighted by Gasteiger charge is 2.13. The molecule has 1 nitrogen and oxygen atoms in total. The van der Waals surface area contributed by atoms with Gasteiger partial charge in [0.25, 0.3) is 0 Å². The number of benzene rings is 1. The molecule has 1 aromatic rings. The molecule has 0 radical (unpaired) electrons. The Balaban J connectivity index is 2.56. The third kappa shape index (κ3) is 4.46. The van der Waals surface area contributed by atoms with Gasteiger partial charge in [0.05, 0.1) is 5.75 Å². The zero-order valence-electron chi connectivity index (χ0n) is 10.0. The zero-order chi connectivity index (χ0) is 12.8. The first-order valence-corrected chi connectivity index (χ1v) is 6.65. The van der Waals surface area contributed by atoms with Gasteiger partial charge in [-0.25, -0.2) is 8.78 Å². The normalized spacial score (nSPS) is 12.5. The number of rotatable bonds is 6. The van der Waals surface area contributed by atoms with Crippen molar-refractivity contribution in [3.63, 3.8) is 0 Å². The molecule has 0 amide bonds. The van der Waals surface area contributed by atoms with E-state index in [-0.39, 0.29) is 17.8 Å². The van der Waals surface area contributed by atoms with Gasteiger partial charge in [-0.2, -0.15) is 11.8 Å². The van der Waals surface area contributed by atoms with E-state index in [0.29, 0.717) is 11.0 Å². The molecule has 0 N–H and O–H groups in total. The molecule has 0 saturated carbocycles. The molecule has 0 aliphatic heterocycles. The monoisotopic (exact) mass is 258 g/mol. The number of halogens is 2. The van der Waals surface area contributed by atoms with E-state index < -0.39 is 11.6 Å². The van der Waals surface area contributed by atoms with E-state index in [1.807, 2.05) is 13.8 Å². The topological polar surface area (TPSA) is 17.1 Å². The predicted octanol–water partition coefficient (Wildman–Crippen LogP) is 3.61. The SMILES string of the molecule is CCC(C)SCC(=O)Cc1c(F)cccc1F. The van der Waals surface area contributed by atoms with Crippen LogP contribution in [0.5, 0.6) is 0 Å². The molecule has 0 fully saturated rings. The van der Waals surface area contributed by atoms with Gasteiger partial charge in [-0.1, -0.05) is 19.9 Å². The fraction of sp³-hybridized carbons (Fsp3) is 0.462. The molecule has 1 aromatic carbocycles. The Morgan fingerprint density at radius 1 is 1.35 bits per heavy atom. The van der Waals surface area contributed by atoms with Crippen LogP contribution in [0.4, 0.5) is 8.78 Å². The molecule has 0 spiro atoms. The molecule has 1 rings (SSSR count). The minimum atomic E-state index is -0.646.